The summed E-state index contributed by atoms with van der Waals surface area (Å²) in [5, 5.41) is 9.05. The van der Waals surface area contributed by atoms with E-state index in [0.717, 1.165) is 25.7 Å². The van der Waals surface area contributed by atoms with Gasteiger partial charge in [0.25, 0.3) is 5.17 Å². The van der Waals surface area contributed by atoms with Gasteiger partial charge in [0.05, 0.1) is 17.9 Å². The molecule has 2 amide bonds. The second kappa shape index (κ2) is 9.48. The molecule has 32 heavy (non-hydrogen) atoms. The molecule has 0 radical (unpaired) electrons. The number of amides is 2. The molecule has 1 aromatic carbocycles. The molecular weight excluding hydrogens is 435 g/mol. The maximum atomic E-state index is 15.0. The van der Waals surface area contributed by atoms with Crippen molar-refractivity contribution in [2.45, 2.75) is 38.3 Å². The molecule has 2 aliphatic heterocycles. The van der Waals surface area contributed by atoms with E-state index < -0.39 is 18.1 Å². The predicted molar refractivity (Wildman–Crippen MR) is 122 cm³/mol. The molecule has 1 aromatic rings. The third-order valence-electron chi connectivity index (χ3n) is 6.66. The highest BCUT2D eigenvalue weighted by Gasteiger charge is 2.36. The van der Waals surface area contributed by atoms with Crippen molar-refractivity contribution in [3.63, 3.8) is 0 Å². The molecule has 0 aromatic heterocycles. The van der Waals surface area contributed by atoms with Gasteiger partial charge in [-0.3, -0.25) is 14.6 Å². The Morgan fingerprint density at radius 2 is 1.88 bits per heavy atom. The number of anilines is 2. The van der Waals surface area contributed by atoms with Gasteiger partial charge in [0.15, 0.2) is 6.23 Å². The van der Waals surface area contributed by atoms with Gasteiger partial charge in [0.2, 0.25) is 5.91 Å². The number of piperazine rings is 1. The van der Waals surface area contributed by atoms with E-state index in [1.165, 1.54) is 29.3 Å². The Morgan fingerprint density at radius 3 is 2.50 bits per heavy atom. The molecule has 4 rings (SSSR count). The SMILES string of the molecule is CN(C(O)=S)C1CN(c2ccc(N3CCN(C(=O)C4CCCCC4)CC3)c(F)c2)C(=O)O1. The van der Waals surface area contributed by atoms with E-state index in [1.807, 2.05) is 9.80 Å². The van der Waals surface area contributed by atoms with Crippen molar-refractivity contribution in [1.82, 2.24) is 9.80 Å². The van der Waals surface area contributed by atoms with Crippen LogP contribution in [0.5, 0.6) is 0 Å². The van der Waals surface area contributed by atoms with Crippen LogP contribution < -0.4 is 9.80 Å². The summed E-state index contributed by atoms with van der Waals surface area (Å²) < 4.78 is 20.2. The van der Waals surface area contributed by atoms with Crippen LogP contribution in [0.15, 0.2) is 18.2 Å². The molecule has 8 nitrogen and oxygen atoms in total. The average Bonchev–Trinajstić information content (AvgIpc) is 3.20. The number of aliphatic hydroxyl groups excluding tert-OH is 1. The smallest absolute Gasteiger partial charge is 0.416 e. The number of aliphatic hydroxyl groups is 1. The summed E-state index contributed by atoms with van der Waals surface area (Å²) in [6, 6.07) is 4.65. The molecule has 1 unspecified atom stereocenters. The molecule has 2 saturated heterocycles. The van der Waals surface area contributed by atoms with Crippen LogP contribution >= 0.6 is 12.2 Å². The number of ether oxygens (including phenoxy) is 1. The van der Waals surface area contributed by atoms with Crippen molar-refractivity contribution < 1.29 is 23.8 Å². The number of thiocarbonyl (C=S) groups is 1. The zero-order chi connectivity index (χ0) is 22.8. The van der Waals surface area contributed by atoms with Gasteiger partial charge in [-0.05, 0) is 43.3 Å². The van der Waals surface area contributed by atoms with Crippen molar-refractivity contribution in [3.8, 4) is 0 Å². The number of benzene rings is 1. The lowest BCUT2D eigenvalue weighted by molar-refractivity contribution is -0.136. The molecular formula is C22H29FN4O4S. The van der Waals surface area contributed by atoms with Crippen LogP contribution in [0.3, 0.4) is 0 Å². The summed E-state index contributed by atoms with van der Waals surface area (Å²) in [5.41, 5.74) is 0.832. The Kier molecular flexibility index (Phi) is 6.68. The van der Waals surface area contributed by atoms with E-state index in [4.69, 9.17) is 17.0 Å². The Morgan fingerprint density at radius 1 is 1.19 bits per heavy atom. The van der Waals surface area contributed by atoms with E-state index in [-0.39, 0.29) is 23.5 Å². The van der Waals surface area contributed by atoms with Crippen molar-refractivity contribution >= 4 is 40.8 Å². The molecule has 1 aliphatic carbocycles. The maximum absolute atomic E-state index is 15.0. The van der Waals surface area contributed by atoms with E-state index in [0.29, 0.717) is 37.6 Å². The third kappa shape index (κ3) is 4.60. The summed E-state index contributed by atoms with van der Waals surface area (Å²) in [6.07, 6.45) is 4.07. The van der Waals surface area contributed by atoms with E-state index in [9.17, 15) is 19.1 Å². The fourth-order valence-corrected chi connectivity index (χ4v) is 4.80. The van der Waals surface area contributed by atoms with Crippen molar-refractivity contribution in [3.05, 3.63) is 24.0 Å². The highest BCUT2D eigenvalue weighted by atomic mass is 32.1. The zero-order valence-corrected chi connectivity index (χ0v) is 19.0. The minimum Gasteiger partial charge on any atom is -0.486 e. The largest absolute Gasteiger partial charge is 0.486 e. The van der Waals surface area contributed by atoms with Gasteiger partial charge in [-0.1, -0.05) is 19.3 Å². The molecule has 174 valence electrons. The first-order chi connectivity index (χ1) is 15.3. The Bertz CT molecular complexity index is 887. The van der Waals surface area contributed by atoms with Crippen LogP contribution in [0.2, 0.25) is 0 Å². The number of carbonyl (C=O) groups excluding carboxylic acids is 2. The Labute approximate surface area is 192 Å². The zero-order valence-electron chi connectivity index (χ0n) is 18.2. The quantitative estimate of drug-likeness (QED) is 0.686. The maximum Gasteiger partial charge on any atom is 0.416 e. The fourth-order valence-electron chi connectivity index (χ4n) is 4.68. The number of hydrogen-bond acceptors (Lipinski definition) is 5. The number of cyclic esters (lactones) is 1. The van der Waals surface area contributed by atoms with E-state index in [1.54, 1.807) is 12.1 Å². The molecule has 10 heteroatoms. The molecule has 3 fully saturated rings. The summed E-state index contributed by atoms with van der Waals surface area (Å²) in [7, 11) is 1.52. The molecule has 0 spiro atoms. The first-order valence-corrected chi connectivity index (χ1v) is 11.5. The average molecular weight is 465 g/mol. The third-order valence-corrected chi connectivity index (χ3v) is 6.95. The van der Waals surface area contributed by atoms with Gasteiger partial charge >= 0.3 is 6.09 Å². The normalized spacial score (nSPS) is 22.1. The minimum absolute atomic E-state index is 0.122. The van der Waals surface area contributed by atoms with Crippen LogP contribution in [-0.4, -0.2) is 78.1 Å². The van der Waals surface area contributed by atoms with Gasteiger partial charge in [-0.15, -0.1) is 0 Å². The van der Waals surface area contributed by atoms with Gasteiger partial charge in [0, 0.05) is 39.1 Å². The van der Waals surface area contributed by atoms with Gasteiger partial charge in [-0.2, -0.15) is 0 Å². The molecule has 1 N–H and O–H groups in total. The highest BCUT2D eigenvalue weighted by Crippen LogP contribution is 2.30. The lowest BCUT2D eigenvalue weighted by Gasteiger charge is -2.38. The lowest BCUT2D eigenvalue weighted by Crippen LogP contribution is -2.50. The van der Waals surface area contributed by atoms with Gasteiger partial charge in [0.1, 0.15) is 5.82 Å². The number of likely N-dealkylation sites (N-methyl/N-ethyl adjacent to an activating group) is 1. The second-order valence-electron chi connectivity index (χ2n) is 8.63. The first-order valence-electron chi connectivity index (χ1n) is 11.1. The van der Waals surface area contributed by atoms with Crippen LogP contribution in [0.25, 0.3) is 0 Å². The monoisotopic (exact) mass is 464 g/mol. The molecule has 2 heterocycles. The van der Waals surface area contributed by atoms with E-state index in [2.05, 4.69) is 0 Å². The molecule has 3 aliphatic rings. The van der Waals surface area contributed by atoms with Crippen molar-refractivity contribution in [1.29, 1.82) is 0 Å². The highest BCUT2D eigenvalue weighted by molar-refractivity contribution is 7.79. The van der Waals surface area contributed by atoms with Crippen LogP contribution in [0.1, 0.15) is 32.1 Å². The van der Waals surface area contributed by atoms with Gasteiger partial charge in [-0.25, -0.2) is 9.18 Å². The number of rotatable bonds is 4. The predicted octanol–water partition coefficient (Wildman–Crippen LogP) is 3.11. The number of nitrogens with zero attached hydrogens (tertiary/aromatic N) is 4. The Balaban J connectivity index is 1.37. The minimum atomic E-state index is -0.738. The van der Waals surface area contributed by atoms with Crippen LogP contribution in [0, 0.1) is 11.7 Å². The molecule has 1 saturated carbocycles. The number of hydrogen-bond donors (Lipinski definition) is 1. The summed E-state index contributed by atoms with van der Waals surface area (Å²) >= 11 is 4.70. The van der Waals surface area contributed by atoms with Gasteiger partial charge < -0.3 is 19.6 Å². The van der Waals surface area contributed by atoms with E-state index >= 15 is 0 Å². The second-order valence-corrected chi connectivity index (χ2v) is 8.99. The first kappa shape index (κ1) is 22.6. The van der Waals surface area contributed by atoms with Crippen molar-refractivity contribution in [2.75, 3.05) is 49.6 Å². The topological polar surface area (TPSA) is 76.6 Å². The van der Waals surface area contributed by atoms with Crippen LogP contribution in [0.4, 0.5) is 20.6 Å². The molecule has 0 bridgehead atoms. The number of halogens is 1. The van der Waals surface area contributed by atoms with Crippen LogP contribution in [-0.2, 0) is 9.53 Å². The number of carbonyl (C=O) groups is 2. The van der Waals surface area contributed by atoms with Crippen molar-refractivity contribution in [2.24, 2.45) is 5.92 Å². The molecule has 1 atom stereocenters. The summed E-state index contributed by atoms with van der Waals surface area (Å²) in [5.74, 6) is -0.0407. The Hall–Kier alpha value is -2.62. The summed E-state index contributed by atoms with van der Waals surface area (Å²) in [6.45, 7) is 2.44. The lowest BCUT2D eigenvalue weighted by atomic mass is 9.88. The standard InChI is InChI=1S/C22H29FN4O4S/c1-24(22(30)32)19-14-27(21(29)31-19)16-7-8-18(17(23)13-16)25-9-11-26(12-10-25)20(28)15-5-3-2-4-6-15/h7-8,13,15,19H,2-6,9-12,14H2,1H3,(H,30,32). The fraction of sp³-hybridized carbons (Fsp3) is 0.591. The summed E-state index contributed by atoms with van der Waals surface area (Å²) in [4.78, 5) is 31.4.